The fourth-order valence-corrected chi connectivity index (χ4v) is 4.63. The zero-order chi connectivity index (χ0) is 24.5. The number of nitrogens with zero attached hydrogens (tertiary/aromatic N) is 4. The van der Waals surface area contributed by atoms with Crippen LogP contribution in [0.1, 0.15) is 19.5 Å². The number of sulfonamides is 1. The molecule has 11 heteroatoms. The van der Waals surface area contributed by atoms with Crippen LogP contribution in [0.5, 0.6) is 0 Å². The third-order valence-electron chi connectivity index (χ3n) is 5.39. The molecule has 4 aromatic rings. The highest BCUT2D eigenvalue weighted by molar-refractivity contribution is 7.92. The summed E-state index contributed by atoms with van der Waals surface area (Å²) in [4.78, 5) is 22.9. The molecular formula is C23H26N6O4S. The van der Waals surface area contributed by atoms with Crippen molar-refractivity contribution < 1.29 is 12.8 Å². The third kappa shape index (κ3) is 4.74. The molecule has 0 amide bonds. The van der Waals surface area contributed by atoms with Crippen molar-refractivity contribution in [1.29, 1.82) is 0 Å². The summed E-state index contributed by atoms with van der Waals surface area (Å²) in [7, 11) is -2.35. The Morgan fingerprint density at radius 3 is 2.35 bits per heavy atom. The summed E-state index contributed by atoms with van der Waals surface area (Å²) in [5.74, 6) is 0.758. The van der Waals surface area contributed by atoms with E-state index in [9.17, 15) is 13.2 Å². The van der Waals surface area contributed by atoms with Gasteiger partial charge in [0.25, 0.3) is 10.0 Å². The molecule has 2 aromatic heterocycles. The fraction of sp³-hybridized carbons (Fsp3) is 0.261. The predicted octanol–water partition coefficient (Wildman–Crippen LogP) is 3.62. The molecule has 0 unspecified atom stereocenters. The highest BCUT2D eigenvalue weighted by atomic mass is 32.2. The number of hydrogen-bond acceptors (Lipinski definition) is 8. The highest BCUT2D eigenvalue weighted by Crippen LogP contribution is 2.23. The molecule has 0 bridgehead atoms. The molecule has 0 saturated heterocycles. The molecule has 0 saturated carbocycles. The summed E-state index contributed by atoms with van der Waals surface area (Å²) < 4.78 is 34.6. The van der Waals surface area contributed by atoms with Crippen molar-refractivity contribution in [3.8, 4) is 0 Å². The monoisotopic (exact) mass is 482 g/mol. The lowest BCUT2D eigenvalue weighted by Crippen LogP contribution is -2.23. The summed E-state index contributed by atoms with van der Waals surface area (Å²) in [5.41, 5.74) is 2.67. The van der Waals surface area contributed by atoms with Gasteiger partial charge in [0.2, 0.25) is 5.95 Å². The second kappa shape index (κ2) is 9.18. The molecule has 0 aliphatic rings. The topological polar surface area (TPSA) is 122 Å². The number of benzene rings is 2. The SMILES string of the molecule is CCN(CC)c1cc(C)nc(Nc2ccc(NS(=O)(=O)c3ccc4oc(=O)n(C)c4c3)cc2)n1. The molecule has 0 fully saturated rings. The van der Waals surface area contributed by atoms with E-state index in [1.165, 1.54) is 29.8 Å². The molecule has 34 heavy (non-hydrogen) atoms. The number of hydrogen-bond donors (Lipinski definition) is 2. The molecule has 0 radical (unpaired) electrons. The van der Waals surface area contributed by atoms with Crippen molar-refractivity contribution in [2.75, 3.05) is 28.0 Å². The minimum atomic E-state index is -3.87. The van der Waals surface area contributed by atoms with E-state index in [0.717, 1.165) is 24.6 Å². The number of aromatic nitrogens is 3. The van der Waals surface area contributed by atoms with Gasteiger partial charge in [0.1, 0.15) is 5.82 Å². The van der Waals surface area contributed by atoms with Crippen molar-refractivity contribution in [2.45, 2.75) is 25.7 Å². The number of aryl methyl sites for hydroxylation is 2. The van der Waals surface area contributed by atoms with Gasteiger partial charge in [0.15, 0.2) is 5.58 Å². The molecule has 2 N–H and O–H groups in total. The Hall–Kier alpha value is -3.86. The first-order chi connectivity index (χ1) is 16.2. The third-order valence-corrected chi connectivity index (χ3v) is 6.77. The smallest absolute Gasteiger partial charge is 0.408 e. The van der Waals surface area contributed by atoms with Gasteiger partial charge in [-0.05, 0) is 63.2 Å². The summed E-state index contributed by atoms with van der Waals surface area (Å²) in [6.07, 6.45) is 0. The van der Waals surface area contributed by atoms with Crippen molar-refractivity contribution in [1.82, 2.24) is 14.5 Å². The van der Waals surface area contributed by atoms with E-state index >= 15 is 0 Å². The van der Waals surface area contributed by atoms with Crippen LogP contribution >= 0.6 is 0 Å². The van der Waals surface area contributed by atoms with Gasteiger partial charge in [-0.3, -0.25) is 9.29 Å². The van der Waals surface area contributed by atoms with Crippen LogP contribution in [0.15, 0.2) is 62.6 Å². The van der Waals surface area contributed by atoms with E-state index < -0.39 is 15.8 Å². The van der Waals surface area contributed by atoms with Crippen molar-refractivity contribution in [3.63, 3.8) is 0 Å². The number of oxazole rings is 1. The first kappa shape index (κ1) is 23.3. The van der Waals surface area contributed by atoms with Crippen molar-refractivity contribution >= 4 is 44.3 Å². The standard InChI is InChI=1S/C23H26N6O4S/c1-5-29(6-2)21-13-15(3)24-22(26-21)25-16-7-9-17(10-8-16)27-34(31,32)18-11-12-20-19(14-18)28(4)23(30)33-20/h7-14,27H,5-6H2,1-4H3,(H,24,25,26). The summed E-state index contributed by atoms with van der Waals surface area (Å²) in [6.45, 7) is 7.73. The molecule has 10 nitrogen and oxygen atoms in total. The van der Waals surface area contributed by atoms with E-state index in [0.29, 0.717) is 28.4 Å². The minimum absolute atomic E-state index is 0.0238. The van der Waals surface area contributed by atoms with Gasteiger partial charge < -0.3 is 14.6 Å². The van der Waals surface area contributed by atoms with Gasteiger partial charge in [0, 0.05) is 43.3 Å². The maximum absolute atomic E-state index is 12.9. The normalized spacial score (nSPS) is 11.5. The van der Waals surface area contributed by atoms with Gasteiger partial charge in [0.05, 0.1) is 10.4 Å². The molecule has 0 aliphatic carbocycles. The predicted molar refractivity (Wildman–Crippen MR) is 132 cm³/mol. The lowest BCUT2D eigenvalue weighted by Gasteiger charge is -2.20. The van der Waals surface area contributed by atoms with E-state index in [1.54, 1.807) is 24.3 Å². The van der Waals surface area contributed by atoms with Gasteiger partial charge in [-0.1, -0.05) is 0 Å². The lowest BCUT2D eigenvalue weighted by molar-refractivity contribution is 0.528. The van der Waals surface area contributed by atoms with Crippen LogP contribution in [0.25, 0.3) is 11.1 Å². The second-order valence-corrected chi connectivity index (χ2v) is 9.41. The van der Waals surface area contributed by atoms with Crippen LogP contribution in [0.3, 0.4) is 0 Å². The molecule has 178 valence electrons. The highest BCUT2D eigenvalue weighted by Gasteiger charge is 2.17. The first-order valence-electron chi connectivity index (χ1n) is 10.8. The first-order valence-corrected chi connectivity index (χ1v) is 12.3. The van der Waals surface area contributed by atoms with E-state index in [2.05, 4.69) is 38.8 Å². The molecule has 2 heterocycles. The maximum Gasteiger partial charge on any atom is 0.419 e. The Labute approximate surface area is 197 Å². The second-order valence-electron chi connectivity index (χ2n) is 7.73. The Kier molecular flexibility index (Phi) is 6.29. The van der Waals surface area contributed by atoms with Crippen LogP contribution in [0, 0.1) is 6.92 Å². The molecule has 0 aliphatic heterocycles. The van der Waals surface area contributed by atoms with Crippen LogP contribution < -0.4 is 20.7 Å². The molecule has 0 atom stereocenters. The van der Waals surface area contributed by atoms with Crippen LogP contribution in [-0.2, 0) is 17.1 Å². The van der Waals surface area contributed by atoms with Gasteiger partial charge >= 0.3 is 5.76 Å². The molecule has 4 rings (SSSR count). The largest absolute Gasteiger partial charge is 0.419 e. The zero-order valence-electron chi connectivity index (χ0n) is 19.4. The quantitative estimate of drug-likeness (QED) is 0.390. The average Bonchev–Trinajstić information content (AvgIpc) is 3.08. The van der Waals surface area contributed by atoms with E-state index in [4.69, 9.17) is 4.42 Å². The Morgan fingerprint density at radius 2 is 1.68 bits per heavy atom. The van der Waals surface area contributed by atoms with Crippen molar-refractivity contribution in [2.24, 2.45) is 7.05 Å². The van der Waals surface area contributed by atoms with E-state index in [1.807, 2.05) is 13.0 Å². The zero-order valence-corrected chi connectivity index (χ0v) is 20.2. The van der Waals surface area contributed by atoms with Gasteiger partial charge in [-0.2, -0.15) is 4.98 Å². The summed E-state index contributed by atoms with van der Waals surface area (Å²) in [6, 6.07) is 13.0. The molecule has 2 aromatic carbocycles. The maximum atomic E-state index is 12.9. The van der Waals surface area contributed by atoms with Gasteiger partial charge in [-0.15, -0.1) is 0 Å². The minimum Gasteiger partial charge on any atom is -0.408 e. The number of fused-ring (bicyclic) bond motifs is 1. The number of nitrogens with one attached hydrogen (secondary N) is 2. The number of anilines is 4. The van der Waals surface area contributed by atoms with Crippen molar-refractivity contribution in [3.05, 3.63) is 64.8 Å². The summed E-state index contributed by atoms with van der Waals surface area (Å²) in [5, 5.41) is 3.17. The summed E-state index contributed by atoms with van der Waals surface area (Å²) >= 11 is 0. The van der Waals surface area contributed by atoms with E-state index in [-0.39, 0.29) is 4.90 Å². The van der Waals surface area contributed by atoms with Gasteiger partial charge in [-0.25, -0.2) is 18.2 Å². The average molecular weight is 483 g/mol. The van der Waals surface area contributed by atoms with Crippen LogP contribution in [0.4, 0.5) is 23.1 Å². The Balaban J connectivity index is 1.52. The molecule has 0 spiro atoms. The van der Waals surface area contributed by atoms with Crippen LogP contribution in [0.2, 0.25) is 0 Å². The fourth-order valence-electron chi connectivity index (χ4n) is 3.56. The Morgan fingerprint density at radius 1 is 1.00 bits per heavy atom. The number of rotatable bonds is 8. The Bertz CT molecular complexity index is 1490. The molecular weight excluding hydrogens is 456 g/mol. The van der Waals surface area contributed by atoms with Crippen LogP contribution in [-0.4, -0.2) is 36.0 Å². The lowest BCUT2D eigenvalue weighted by atomic mass is 10.3.